The van der Waals surface area contributed by atoms with E-state index in [0.717, 1.165) is 9.75 Å². The Kier molecular flexibility index (Phi) is 5.14. The molecule has 0 aliphatic rings. The van der Waals surface area contributed by atoms with Gasteiger partial charge in [0.15, 0.2) is 0 Å². The normalized spacial score (nSPS) is 11.5. The summed E-state index contributed by atoms with van der Waals surface area (Å²) in [6, 6.07) is 3.80. The van der Waals surface area contributed by atoms with Gasteiger partial charge in [0.1, 0.15) is 16.6 Å². The summed E-state index contributed by atoms with van der Waals surface area (Å²) in [5, 5.41) is 9.80. The second-order valence-electron chi connectivity index (χ2n) is 3.61. The number of rotatable bonds is 5. The third-order valence-corrected chi connectivity index (χ3v) is 3.61. The summed E-state index contributed by atoms with van der Waals surface area (Å²) in [5.74, 6) is -1.14. The summed E-state index contributed by atoms with van der Waals surface area (Å²) in [7, 11) is 1.21. The monoisotopic (exact) mass is 299 g/mol. The highest BCUT2D eigenvalue weighted by Gasteiger charge is 2.18. The number of halogens is 1. The fourth-order valence-electron chi connectivity index (χ4n) is 1.24. The fourth-order valence-corrected chi connectivity index (χ4v) is 2.16. The molecule has 7 heteroatoms. The SMILES string of the molecule is C=C(NC(C(=O)OC)=C(Cl)C(=N)N)c1ccc(C)s1. The molecule has 0 saturated heterocycles. The van der Waals surface area contributed by atoms with Crippen molar-refractivity contribution in [2.75, 3.05) is 7.11 Å². The minimum atomic E-state index is -0.713. The number of esters is 1. The molecule has 4 N–H and O–H groups in total. The van der Waals surface area contributed by atoms with Crippen LogP contribution in [0.1, 0.15) is 9.75 Å². The number of hydrogen-bond donors (Lipinski definition) is 3. The lowest BCUT2D eigenvalue weighted by Crippen LogP contribution is -2.25. The van der Waals surface area contributed by atoms with Gasteiger partial charge in [0.05, 0.1) is 12.0 Å². The Labute approximate surface area is 120 Å². The number of carbonyl (C=O) groups is 1. The standard InChI is InChI=1S/C12H14ClN3O2S/c1-6-4-5-8(19-6)7(2)16-10(12(17)18-3)9(13)11(14)15/h4-5,16H,2H2,1,3H3,(H3,14,15). The number of carbonyl (C=O) groups excluding carboxylic acids is 1. The van der Waals surface area contributed by atoms with Crippen molar-refractivity contribution < 1.29 is 9.53 Å². The molecule has 1 aromatic heterocycles. The first-order chi connectivity index (χ1) is 8.86. The van der Waals surface area contributed by atoms with Crippen molar-refractivity contribution in [1.82, 2.24) is 5.32 Å². The Morgan fingerprint density at radius 3 is 2.63 bits per heavy atom. The number of ether oxygens (including phenoxy) is 1. The van der Waals surface area contributed by atoms with Crippen LogP contribution in [-0.4, -0.2) is 18.9 Å². The van der Waals surface area contributed by atoms with E-state index in [1.54, 1.807) is 0 Å². The van der Waals surface area contributed by atoms with Crippen LogP contribution in [0, 0.1) is 12.3 Å². The second-order valence-corrected chi connectivity index (χ2v) is 5.27. The quantitative estimate of drug-likeness (QED) is 0.336. The molecule has 0 fully saturated rings. The van der Waals surface area contributed by atoms with Gasteiger partial charge in [0.25, 0.3) is 0 Å². The van der Waals surface area contributed by atoms with Gasteiger partial charge in [0, 0.05) is 10.6 Å². The summed E-state index contributed by atoms with van der Waals surface area (Å²) in [4.78, 5) is 13.6. The summed E-state index contributed by atoms with van der Waals surface area (Å²) in [6.07, 6.45) is 0. The first-order valence-corrected chi connectivity index (χ1v) is 6.41. The van der Waals surface area contributed by atoms with Gasteiger partial charge in [-0.25, -0.2) is 4.79 Å². The predicted octanol–water partition coefficient (Wildman–Crippen LogP) is 2.18. The number of nitrogens with two attached hydrogens (primary N) is 1. The van der Waals surface area contributed by atoms with Gasteiger partial charge in [-0.3, -0.25) is 5.41 Å². The van der Waals surface area contributed by atoms with Gasteiger partial charge < -0.3 is 15.8 Å². The summed E-state index contributed by atoms with van der Waals surface area (Å²) in [5.41, 5.74) is 5.65. The Morgan fingerprint density at radius 1 is 1.58 bits per heavy atom. The van der Waals surface area contributed by atoms with Crippen LogP contribution < -0.4 is 11.1 Å². The zero-order valence-corrected chi connectivity index (χ0v) is 12.1. The highest BCUT2D eigenvalue weighted by Crippen LogP contribution is 2.22. The van der Waals surface area contributed by atoms with Gasteiger partial charge in [-0.05, 0) is 19.1 Å². The molecule has 0 aromatic carbocycles. The van der Waals surface area contributed by atoms with Crippen molar-refractivity contribution in [1.29, 1.82) is 5.41 Å². The molecular formula is C12H14ClN3O2S. The molecule has 0 bridgehead atoms. The molecule has 19 heavy (non-hydrogen) atoms. The van der Waals surface area contributed by atoms with E-state index in [2.05, 4.69) is 16.6 Å². The summed E-state index contributed by atoms with van der Waals surface area (Å²) in [6.45, 7) is 5.78. The van der Waals surface area contributed by atoms with Crippen molar-refractivity contribution >= 4 is 40.4 Å². The number of aryl methyl sites for hydroxylation is 1. The summed E-state index contributed by atoms with van der Waals surface area (Å²) < 4.78 is 4.59. The molecule has 102 valence electrons. The van der Waals surface area contributed by atoms with Crippen LogP contribution in [0.4, 0.5) is 0 Å². The smallest absolute Gasteiger partial charge is 0.356 e. The number of hydrogen-bond acceptors (Lipinski definition) is 5. The van der Waals surface area contributed by atoms with E-state index in [9.17, 15) is 4.79 Å². The number of nitrogens with one attached hydrogen (secondary N) is 2. The van der Waals surface area contributed by atoms with Crippen LogP contribution >= 0.6 is 22.9 Å². The van der Waals surface area contributed by atoms with Gasteiger partial charge in [-0.2, -0.15) is 0 Å². The Morgan fingerprint density at radius 2 is 2.21 bits per heavy atom. The molecule has 0 aliphatic heterocycles. The van der Waals surface area contributed by atoms with E-state index in [1.165, 1.54) is 18.4 Å². The van der Waals surface area contributed by atoms with E-state index in [4.69, 9.17) is 22.7 Å². The predicted molar refractivity (Wildman–Crippen MR) is 78.0 cm³/mol. The third kappa shape index (κ3) is 3.84. The first-order valence-electron chi connectivity index (χ1n) is 5.22. The molecular weight excluding hydrogens is 286 g/mol. The van der Waals surface area contributed by atoms with E-state index >= 15 is 0 Å². The van der Waals surface area contributed by atoms with Gasteiger partial charge in [0.2, 0.25) is 0 Å². The minimum Gasteiger partial charge on any atom is -0.464 e. The molecule has 1 aromatic rings. The molecule has 0 saturated carbocycles. The van der Waals surface area contributed by atoms with Gasteiger partial charge in [-0.15, -0.1) is 11.3 Å². The molecule has 1 heterocycles. The maximum atomic E-state index is 11.6. The molecule has 0 atom stereocenters. The average molecular weight is 300 g/mol. The Balaban J connectivity index is 3.03. The Hall–Kier alpha value is -1.79. The van der Waals surface area contributed by atoms with Crippen LogP contribution in [0.2, 0.25) is 0 Å². The second kappa shape index (κ2) is 6.40. The Bertz CT molecular complexity index is 563. The molecule has 0 radical (unpaired) electrons. The number of amidine groups is 1. The number of methoxy groups -OCH3 is 1. The molecule has 0 unspecified atom stereocenters. The number of thiophene rings is 1. The summed E-state index contributed by atoms with van der Waals surface area (Å²) >= 11 is 7.33. The van der Waals surface area contributed by atoms with Crippen LogP contribution in [0.3, 0.4) is 0 Å². The molecule has 0 aliphatic carbocycles. The van der Waals surface area contributed by atoms with Crippen molar-refractivity contribution in [3.8, 4) is 0 Å². The van der Waals surface area contributed by atoms with Crippen LogP contribution in [0.25, 0.3) is 5.70 Å². The van der Waals surface area contributed by atoms with Crippen molar-refractivity contribution in [3.05, 3.63) is 39.2 Å². The third-order valence-electron chi connectivity index (χ3n) is 2.16. The van der Waals surface area contributed by atoms with Crippen LogP contribution in [-0.2, 0) is 9.53 Å². The minimum absolute atomic E-state index is 0.104. The van der Waals surface area contributed by atoms with E-state index in [-0.39, 0.29) is 10.7 Å². The topological polar surface area (TPSA) is 88.2 Å². The average Bonchev–Trinajstić information content (AvgIpc) is 2.80. The lowest BCUT2D eigenvalue weighted by atomic mass is 10.3. The highest BCUT2D eigenvalue weighted by molar-refractivity contribution is 7.13. The maximum Gasteiger partial charge on any atom is 0.356 e. The molecule has 5 nitrogen and oxygen atoms in total. The highest BCUT2D eigenvalue weighted by atomic mass is 35.5. The van der Waals surface area contributed by atoms with E-state index in [0.29, 0.717) is 5.70 Å². The molecule has 1 rings (SSSR count). The van der Waals surface area contributed by atoms with Crippen molar-refractivity contribution in [3.63, 3.8) is 0 Å². The largest absolute Gasteiger partial charge is 0.464 e. The lowest BCUT2D eigenvalue weighted by Gasteiger charge is -2.12. The maximum absolute atomic E-state index is 11.6. The van der Waals surface area contributed by atoms with Gasteiger partial charge in [-0.1, -0.05) is 18.2 Å². The van der Waals surface area contributed by atoms with Crippen molar-refractivity contribution in [2.24, 2.45) is 5.73 Å². The van der Waals surface area contributed by atoms with Crippen LogP contribution in [0.15, 0.2) is 29.4 Å². The lowest BCUT2D eigenvalue weighted by molar-refractivity contribution is -0.136. The van der Waals surface area contributed by atoms with E-state index in [1.807, 2.05) is 19.1 Å². The fraction of sp³-hybridized carbons (Fsp3) is 0.167. The van der Waals surface area contributed by atoms with E-state index < -0.39 is 11.8 Å². The van der Waals surface area contributed by atoms with Crippen molar-refractivity contribution in [2.45, 2.75) is 6.92 Å². The zero-order chi connectivity index (χ0) is 14.6. The molecule has 0 spiro atoms. The molecule has 0 amide bonds. The first kappa shape index (κ1) is 15.3. The zero-order valence-electron chi connectivity index (χ0n) is 10.5. The van der Waals surface area contributed by atoms with Gasteiger partial charge >= 0.3 is 5.97 Å². The van der Waals surface area contributed by atoms with Crippen LogP contribution in [0.5, 0.6) is 0 Å².